The van der Waals surface area contributed by atoms with Crippen molar-refractivity contribution in [3.05, 3.63) is 46.1 Å². The monoisotopic (exact) mass is 425 g/mol. The van der Waals surface area contributed by atoms with Crippen LogP contribution >= 0.6 is 34.7 Å². The molecular formula is C16H16ClN5O3S2. The molecule has 11 heteroatoms. The number of nitrogens with two attached hydrogens (primary N) is 1. The molecule has 0 unspecified atom stereocenters. The molecule has 2 heterocycles. The maximum atomic E-state index is 12.7. The topological polar surface area (TPSA) is 119 Å². The van der Waals surface area contributed by atoms with E-state index < -0.39 is 18.0 Å². The first-order valence-electron chi connectivity index (χ1n) is 7.93. The first kappa shape index (κ1) is 19.5. The van der Waals surface area contributed by atoms with Crippen molar-refractivity contribution in [2.75, 3.05) is 18.1 Å². The number of ether oxygens (including phenoxy) is 1. The first-order valence-corrected chi connectivity index (χ1v) is 10.1. The molecule has 8 nitrogen and oxygen atoms in total. The molecule has 2 aromatic rings. The quantitative estimate of drug-likeness (QED) is 0.480. The number of carbonyl (C=O) groups excluding carboxylic acids is 2. The molecule has 0 saturated heterocycles. The number of esters is 1. The van der Waals surface area contributed by atoms with E-state index in [0.717, 1.165) is 0 Å². The van der Waals surface area contributed by atoms with Gasteiger partial charge in [-0.05, 0) is 18.6 Å². The Morgan fingerprint density at radius 3 is 2.85 bits per heavy atom. The van der Waals surface area contributed by atoms with E-state index in [-0.39, 0.29) is 12.4 Å². The molecule has 142 valence electrons. The summed E-state index contributed by atoms with van der Waals surface area (Å²) in [6.07, 6.45) is 0. The molecule has 0 saturated carbocycles. The average molecular weight is 426 g/mol. The van der Waals surface area contributed by atoms with Gasteiger partial charge in [0, 0.05) is 16.5 Å². The summed E-state index contributed by atoms with van der Waals surface area (Å²) in [5, 5.41) is 13.9. The standard InChI is InChI=1S/C16H16ClN5O3S2/c1-2-25-13(23)11-10(7-26-16-22-21-14(18)27-16)19-15(24)20-12(11)8-5-3-4-6-9(8)17/h3-6,12H,2,7H2,1H3,(H2,18,21)(H2,19,20,24)/t12-/m1/s1. The molecule has 0 fully saturated rings. The van der Waals surface area contributed by atoms with Gasteiger partial charge in [-0.2, -0.15) is 0 Å². The van der Waals surface area contributed by atoms with Gasteiger partial charge in [-0.1, -0.05) is 52.9 Å². The fourth-order valence-electron chi connectivity index (χ4n) is 2.54. The van der Waals surface area contributed by atoms with E-state index >= 15 is 0 Å². The summed E-state index contributed by atoms with van der Waals surface area (Å²) < 4.78 is 5.84. The SMILES string of the molecule is CCOC(=O)C1=C(CSc2nnc(N)s2)NC(=O)N[C@@H]1c1ccccc1Cl. The molecule has 4 N–H and O–H groups in total. The molecule has 0 aliphatic carbocycles. The summed E-state index contributed by atoms with van der Waals surface area (Å²) in [7, 11) is 0. The highest BCUT2D eigenvalue weighted by Gasteiger charge is 2.34. The Balaban J connectivity index is 1.99. The van der Waals surface area contributed by atoms with Crippen molar-refractivity contribution in [3.63, 3.8) is 0 Å². The van der Waals surface area contributed by atoms with Crippen LogP contribution in [-0.4, -0.2) is 34.6 Å². The van der Waals surface area contributed by atoms with Crippen molar-refractivity contribution >= 4 is 51.8 Å². The van der Waals surface area contributed by atoms with Gasteiger partial charge in [0.25, 0.3) is 0 Å². The van der Waals surface area contributed by atoms with Crippen LogP contribution in [0.15, 0.2) is 39.9 Å². The zero-order valence-electron chi connectivity index (χ0n) is 14.2. The number of hydrogen-bond acceptors (Lipinski definition) is 8. The van der Waals surface area contributed by atoms with E-state index in [9.17, 15) is 9.59 Å². The number of hydrogen-bond donors (Lipinski definition) is 3. The fourth-order valence-corrected chi connectivity index (χ4v) is 4.39. The number of nitrogens with zero attached hydrogens (tertiary/aromatic N) is 2. The number of rotatable bonds is 6. The molecule has 1 atom stereocenters. The van der Waals surface area contributed by atoms with Crippen LogP contribution in [0.2, 0.25) is 5.02 Å². The maximum absolute atomic E-state index is 12.7. The lowest BCUT2D eigenvalue weighted by Gasteiger charge is -2.29. The van der Waals surface area contributed by atoms with E-state index in [1.54, 1.807) is 31.2 Å². The number of carbonyl (C=O) groups is 2. The fraction of sp³-hybridized carbons (Fsp3) is 0.250. The molecule has 1 aromatic heterocycles. The van der Waals surface area contributed by atoms with Crippen LogP contribution in [0.25, 0.3) is 0 Å². The number of thioether (sulfide) groups is 1. The third-order valence-electron chi connectivity index (χ3n) is 3.63. The molecule has 0 radical (unpaired) electrons. The minimum Gasteiger partial charge on any atom is -0.463 e. The maximum Gasteiger partial charge on any atom is 0.338 e. The molecule has 2 amide bonds. The van der Waals surface area contributed by atoms with Gasteiger partial charge in [0.05, 0.1) is 18.2 Å². The van der Waals surface area contributed by atoms with Crippen molar-refractivity contribution in [3.8, 4) is 0 Å². The molecule has 3 rings (SSSR count). The summed E-state index contributed by atoms with van der Waals surface area (Å²) in [6, 6.07) is 5.87. The predicted molar refractivity (Wildman–Crippen MR) is 105 cm³/mol. The van der Waals surface area contributed by atoms with Crippen molar-refractivity contribution < 1.29 is 14.3 Å². The smallest absolute Gasteiger partial charge is 0.338 e. The Bertz CT molecular complexity index is 902. The van der Waals surface area contributed by atoms with Gasteiger partial charge in [-0.3, -0.25) is 0 Å². The number of amides is 2. The molecule has 1 aromatic carbocycles. The van der Waals surface area contributed by atoms with Crippen LogP contribution in [0.3, 0.4) is 0 Å². The second-order valence-electron chi connectivity index (χ2n) is 5.36. The Kier molecular flexibility index (Phi) is 6.19. The van der Waals surface area contributed by atoms with Crippen molar-refractivity contribution in [1.29, 1.82) is 0 Å². The molecule has 0 spiro atoms. The van der Waals surface area contributed by atoms with Crippen molar-refractivity contribution in [1.82, 2.24) is 20.8 Å². The van der Waals surface area contributed by atoms with Gasteiger partial charge < -0.3 is 21.1 Å². The molecule has 1 aliphatic rings. The van der Waals surface area contributed by atoms with E-state index in [4.69, 9.17) is 22.1 Å². The van der Waals surface area contributed by atoms with E-state index in [0.29, 0.717) is 31.3 Å². The Hall–Kier alpha value is -2.30. The van der Waals surface area contributed by atoms with Crippen LogP contribution in [-0.2, 0) is 9.53 Å². The van der Waals surface area contributed by atoms with Crippen molar-refractivity contribution in [2.45, 2.75) is 17.3 Å². The Morgan fingerprint density at radius 2 is 2.19 bits per heavy atom. The number of aromatic nitrogens is 2. The predicted octanol–water partition coefficient (Wildman–Crippen LogP) is 2.74. The highest BCUT2D eigenvalue weighted by atomic mass is 35.5. The normalized spacial score (nSPS) is 16.7. The van der Waals surface area contributed by atoms with Gasteiger partial charge in [0.15, 0.2) is 4.34 Å². The zero-order chi connectivity index (χ0) is 19.4. The van der Waals surface area contributed by atoms with Gasteiger partial charge in [0.2, 0.25) is 5.13 Å². The number of nitrogen functional groups attached to an aromatic ring is 1. The molecule has 0 bridgehead atoms. The van der Waals surface area contributed by atoms with E-state index in [1.165, 1.54) is 23.1 Å². The van der Waals surface area contributed by atoms with Gasteiger partial charge in [0.1, 0.15) is 0 Å². The number of nitrogens with one attached hydrogen (secondary N) is 2. The van der Waals surface area contributed by atoms with Crippen LogP contribution in [0.1, 0.15) is 18.5 Å². The molecule has 1 aliphatic heterocycles. The molecule has 27 heavy (non-hydrogen) atoms. The van der Waals surface area contributed by atoms with Gasteiger partial charge >= 0.3 is 12.0 Å². The highest BCUT2D eigenvalue weighted by Crippen LogP contribution is 2.34. The summed E-state index contributed by atoms with van der Waals surface area (Å²) in [5.41, 5.74) is 6.93. The minimum absolute atomic E-state index is 0.207. The number of anilines is 1. The summed E-state index contributed by atoms with van der Waals surface area (Å²) in [6.45, 7) is 1.93. The van der Waals surface area contributed by atoms with Crippen molar-refractivity contribution in [2.24, 2.45) is 0 Å². The first-order chi connectivity index (χ1) is 13.0. The second kappa shape index (κ2) is 8.59. The van der Waals surface area contributed by atoms with Crippen LogP contribution in [0, 0.1) is 0 Å². The summed E-state index contributed by atoms with van der Waals surface area (Å²) in [4.78, 5) is 24.9. The second-order valence-corrected chi connectivity index (χ2v) is 8.00. The van der Waals surface area contributed by atoms with E-state index in [1.807, 2.05) is 0 Å². The van der Waals surface area contributed by atoms with Gasteiger partial charge in [-0.15, -0.1) is 10.2 Å². The minimum atomic E-state index is -0.721. The number of halogens is 1. The van der Waals surface area contributed by atoms with E-state index in [2.05, 4.69) is 20.8 Å². The van der Waals surface area contributed by atoms with Crippen LogP contribution in [0.5, 0.6) is 0 Å². The third-order valence-corrected chi connectivity index (χ3v) is 5.88. The molecular weight excluding hydrogens is 410 g/mol. The average Bonchev–Trinajstić information content (AvgIpc) is 3.05. The Labute approximate surface area is 168 Å². The number of benzene rings is 1. The lowest BCUT2D eigenvalue weighted by Crippen LogP contribution is -2.46. The largest absolute Gasteiger partial charge is 0.463 e. The number of urea groups is 1. The summed E-state index contributed by atoms with van der Waals surface area (Å²) >= 11 is 8.83. The lowest BCUT2D eigenvalue weighted by molar-refractivity contribution is -0.139. The van der Waals surface area contributed by atoms with Gasteiger partial charge in [-0.25, -0.2) is 9.59 Å². The lowest BCUT2D eigenvalue weighted by atomic mass is 9.95. The summed E-state index contributed by atoms with van der Waals surface area (Å²) in [5.74, 6) is -0.237. The van der Waals surface area contributed by atoms with Crippen LogP contribution in [0.4, 0.5) is 9.93 Å². The zero-order valence-corrected chi connectivity index (χ0v) is 16.6. The highest BCUT2D eigenvalue weighted by molar-refractivity contribution is 8.01. The van der Waals surface area contributed by atoms with Crippen LogP contribution < -0.4 is 16.4 Å². The Morgan fingerprint density at radius 1 is 1.41 bits per heavy atom. The third kappa shape index (κ3) is 4.52.